The first kappa shape index (κ1) is 25.3. The number of Topliss-reactive ketones (excluding diaryl/α,β-unsaturated/α-hetero) is 1. The van der Waals surface area contributed by atoms with Crippen molar-refractivity contribution in [2.24, 2.45) is 0 Å². The van der Waals surface area contributed by atoms with Crippen LogP contribution in [-0.4, -0.2) is 54.5 Å². The summed E-state index contributed by atoms with van der Waals surface area (Å²) in [6.45, 7) is 4.14. The Morgan fingerprint density at radius 2 is 1.79 bits per heavy atom. The minimum absolute atomic E-state index is 0.0850. The molecule has 0 bridgehead atoms. The predicted molar refractivity (Wildman–Crippen MR) is 126 cm³/mol. The summed E-state index contributed by atoms with van der Waals surface area (Å²) >= 11 is 6.33. The number of esters is 1. The third-order valence-corrected chi connectivity index (χ3v) is 5.58. The van der Waals surface area contributed by atoms with E-state index in [9.17, 15) is 19.5 Å². The van der Waals surface area contributed by atoms with Gasteiger partial charge in [0.05, 0.1) is 23.2 Å². The van der Waals surface area contributed by atoms with E-state index in [1.54, 1.807) is 43.5 Å². The predicted octanol–water partition coefficient (Wildman–Crippen LogP) is 4.12. The number of ketones is 1. The van der Waals surface area contributed by atoms with Crippen LogP contribution in [0.25, 0.3) is 5.76 Å². The molecule has 1 fully saturated rings. The molecule has 0 spiro atoms. The van der Waals surface area contributed by atoms with Crippen molar-refractivity contribution in [1.29, 1.82) is 0 Å². The first-order valence-corrected chi connectivity index (χ1v) is 11.1. The molecule has 1 unspecified atom stereocenters. The molecule has 1 aliphatic heterocycles. The van der Waals surface area contributed by atoms with E-state index in [1.165, 1.54) is 17.9 Å². The molecule has 8 nitrogen and oxygen atoms in total. The Bertz CT molecular complexity index is 1110. The maximum absolute atomic E-state index is 13.1. The molecule has 1 atom stereocenters. The molecule has 0 aromatic heterocycles. The average Bonchev–Trinajstić information content (AvgIpc) is 3.05. The third-order valence-electron chi connectivity index (χ3n) is 5.25. The second kappa shape index (κ2) is 11.2. The monoisotopic (exact) mass is 487 g/mol. The lowest BCUT2D eigenvalue weighted by molar-refractivity contribution is -0.140. The zero-order valence-corrected chi connectivity index (χ0v) is 19.9. The van der Waals surface area contributed by atoms with Gasteiger partial charge < -0.3 is 24.2 Å². The van der Waals surface area contributed by atoms with Gasteiger partial charge in [-0.05, 0) is 49.2 Å². The van der Waals surface area contributed by atoms with E-state index in [1.807, 2.05) is 6.92 Å². The smallest absolute Gasteiger partial charge is 0.308 e. The minimum Gasteiger partial charge on any atom is -0.507 e. The van der Waals surface area contributed by atoms with Gasteiger partial charge in [0, 0.05) is 32.7 Å². The number of aliphatic hydroxyl groups is 1. The molecule has 180 valence electrons. The molecule has 2 aromatic carbocycles. The normalized spacial score (nSPS) is 17.2. The van der Waals surface area contributed by atoms with Crippen LogP contribution < -0.4 is 9.47 Å². The van der Waals surface area contributed by atoms with Gasteiger partial charge in [0.2, 0.25) is 0 Å². The maximum Gasteiger partial charge on any atom is 0.308 e. The number of ether oxygens (including phenoxy) is 3. The quantitative estimate of drug-likeness (QED) is 0.142. The highest BCUT2D eigenvalue weighted by Gasteiger charge is 2.46. The summed E-state index contributed by atoms with van der Waals surface area (Å²) in [6.07, 6.45) is 0.492. The summed E-state index contributed by atoms with van der Waals surface area (Å²) in [6, 6.07) is 10.3. The van der Waals surface area contributed by atoms with Crippen molar-refractivity contribution >= 4 is 35.0 Å². The van der Waals surface area contributed by atoms with Crippen molar-refractivity contribution in [3.63, 3.8) is 0 Å². The SMILES string of the molecule is CCOc1ccc(Cl)c(/C(O)=C2\C(=O)C(=O)N(CCCOC)C2c2ccc(OC(C)=O)cc2)c1. The van der Waals surface area contributed by atoms with Crippen LogP contribution in [-0.2, 0) is 19.1 Å². The standard InChI is InChI=1S/C25H26ClNO7/c1-4-33-18-10-11-20(26)19(14-18)23(29)21-22(16-6-8-17(9-7-16)34-15(2)28)27(12-5-13-32-3)25(31)24(21)30/h6-11,14,22,29H,4-5,12-13H2,1-3H3/b23-21+. The molecule has 1 saturated heterocycles. The number of methoxy groups -OCH3 is 1. The van der Waals surface area contributed by atoms with Crippen LogP contribution in [0.5, 0.6) is 11.5 Å². The Labute approximate surface area is 202 Å². The number of rotatable bonds is 9. The van der Waals surface area contributed by atoms with Crippen molar-refractivity contribution in [2.75, 3.05) is 26.9 Å². The fraction of sp³-hybridized carbons (Fsp3) is 0.320. The second-order valence-electron chi connectivity index (χ2n) is 7.58. The fourth-order valence-corrected chi connectivity index (χ4v) is 4.01. The molecule has 1 amide bonds. The van der Waals surface area contributed by atoms with E-state index in [0.717, 1.165) is 0 Å². The number of amides is 1. The van der Waals surface area contributed by atoms with Crippen molar-refractivity contribution in [1.82, 2.24) is 4.90 Å². The zero-order chi connectivity index (χ0) is 24.8. The molecule has 0 saturated carbocycles. The molecule has 0 radical (unpaired) electrons. The Morgan fingerprint density at radius 3 is 2.41 bits per heavy atom. The summed E-state index contributed by atoms with van der Waals surface area (Å²) in [5, 5.41) is 11.4. The molecule has 0 aliphatic carbocycles. The number of carbonyl (C=O) groups excluding carboxylic acids is 3. The highest BCUT2D eigenvalue weighted by Crippen LogP contribution is 2.41. The van der Waals surface area contributed by atoms with Crippen LogP contribution in [0.1, 0.15) is 37.4 Å². The van der Waals surface area contributed by atoms with Crippen LogP contribution in [0.4, 0.5) is 0 Å². The van der Waals surface area contributed by atoms with Gasteiger partial charge in [-0.3, -0.25) is 14.4 Å². The van der Waals surface area contributed by atoms with E-state index in [4.69, 9.17) is 25.8 Å². The van der Waals surface area contributed by atoms with Crippen LogP contribution in [0.2, 0.25) is 5.02 Å². The van der Waals surface area contributed by atoms with Crippen molar-refractivity contribution in [3.8, 4) is 11.5 Å². The van der Waals surface area contributed by atoms with Gasteiger partial charge in [-0.1, -0.05) is 23.7 Å². The Kier molecular flexibility index (Phi) is 8.31. The Morgan fingerprint density at radius 1 is 1.12 bits per heavy atom. The van der Waals surface area contributed by atoms with Crippen LogP contribution in [0, 0.1) is 0 Å². The lowest BCUT2D eigenvalue weighted by Gasteiger charge is -2.25. The van der Waals surface area contributed by atoms with Gasteiger partial charge in [-0.25, -0.2) is 0 Å². The number of halogens is 1. The van der Waals surface area contributed by atoms with Crippen molar-refractivity contribution < 1.29 is 33.7 Å². The number of likely N-dealkylation sites (tertiary alicyclic amines) is 1. The summed E-state index contributed by atoms with van der Waals surface area (Å²) in [5.74, 6) is -1.63. The molecule has 1 aliphatic rings. The lowest BCUT2D eigenvalue weighted by atomic mass is 9.95. The van der Waals surface area contributed by atoms with Crippen LogP contribution in [0.3, 0.4) is 0 Å². The Hall–Kier alpha value is -3.36. The van der Waals surface area contributed by atoms with Gasteiger partial charge in [-0.2, -0.15) is 0 Å². The average molecular weight is 488 g/mol. The van der Waals surface area contributed by atoms with Crippen molar-refractivity contribution in [2.45, 2.75) is 26.3 Å². The molecule has 1 N–H and O–H groups in total. The van der Waals surface area contributed by atoms with E-state index < -0.39 is 29.5 Å². The first-order valence-electron chi connectivity index (χ1n) is 10.8. The molecular formula is C25H26ClNO7. The van der Waals surface area contributed by atoms with Gasteiger partial charge in [0.15, 0.2) is 0 Å². The van der Waals surface area contributed by atoms with E-state index >= 15 is 0 Å². The van der Waals surface area contributed by atoms with Crippen LogP contribution >= 0.6 is 11.6 Å². The Balaban J connectivity index is 2.13. The van der Waals surface area contributed by atoms with Gasteiger partial charge in [0.25, 0.3) is 11.7 Å². The lowest BCUT2D eigenvalue weighted by Crippen LogP contribution is -2.31. The largest absolute Gasteiger partial charge is 0.507 e. The summed E-state index contributed by atoms with van der Waals surface area (Å²) in [5.41, 5.74) is 0.661. The minimum atomic E-state index is -0.866. The molecule has 9 heteroatoms. The van der Waals surface area contributed by atoms with Gasteiger partial charge >= 0.3 is 5.97 Å². The van der Waals surface area contributed by atoms with E-state index in [0.29, 0.717) is 36.7 Å². The molecule has 2 aromatic rings. The molecule has 34 heavy (non-hydrogen) atoms. The highest BCUT2D eigenvalue weighted by molar-refractivity contribution is 6.47. The van der Waals surface area contributed by atoms with Crippen LogP contribution in [0.15, 0.2) is 48.0 Å². The first-order chi connectivity index (χ1) is 16.3. The maximum atomic E-state index is 13.1. The van der Waals surface area contributed by atoms with Gasteiger partial charge in [-0.15, -0.1) is 0 Å². The molecule has 1 heterocycles. The van der Waals surface area contributed by atoms with Crippen molar-refractivity contribution in [3.05, 3.63) is 64.2 Å². The van der Waals surface area contributed by atoms with E-state index in [-0.39, 0.29) is 22.7 Å². The number of hydrogen-bond acceptors (Lipinski definition) is 7. The van der Waals surface area contributed by atoms with Gasteiger partial charge in [0.1, 0.15) is 17.3 Å². The molecular weight excluding hydrogens is 462 g/mol. The topological polar surface area (TPSA) is 102 Å². The molecule has 3 rings (SSSR count). The second-order valence-corrected chi connectivity index (χ2v) is 7.98. The number of hydrogen-bond donors (Lipinski definition) is 1. The van der Waals surface area contributed by atoms with E-state index in [2.05, 4.69) is 0 Å². The number of benzene rings is 2. The number of carbonyl (C=O) groups is 3. The number of nitrogens with zero attached hydrogens (tertiary/aromatic N) is 1. The number of aliphatic hydroxyl groups excluding tert-OH is 1. The highest BCUT2D eigenvalue weighted by atomic mass is 35.5. The summed E-state index contributed by atoms with van der Waals surface area (Å²) in [7, 11) is 1.55. The zero-order valence-electron chi connectivity index (χ0n) is 19.2. The third kappa shape index (κ3) is 5.40. The summed E-state index contributed by atoms with van der Waals surface area (Å²) < 4.78 is 15.7. The summed E-state index contributed by atoms with van der Waals surface area (Å²) in [4.78, 5) is 38.7. The fourth-order valence-electron chi connectivity index (χ4n) is 3.81.